The summed E-state index contributed by atoms with van der Waals surface area (Å²) in [6.07, 6.45) is 2.94. The first-order valence-electron chi connectivity index (χ1n) is 10.5. The van der Waals surface area contributed by atoms with Crippen molar-refractivity contribution in [1.29, 1.82) is 0 Å². The summed E-state index contributed by atoms with van der Waals surface area (Å²) in [5.41, 5.74) is 8.82. The highest BCUT2D eigenvalue weighted by Gasteiger charge is 2.24. The van der Waals surface area contributed by atoms with E-state index in [4.69, 9.17) is 10.5 Å². The molecule has 2 aromatic heterocycles. The first-order chi connectivity index (χ1) is 16.1. The molecule has 34 heavy (non-hydrogen) atoms. The van der Waals surface area contributed by atoms with Crippen LogP contribution in [0.3, 0.4) is 0 Å². The fourth-order valence-electron chi connectivity index (χ4n) is 3.24. The summed E-state index contributed by atoms with van der Waals surface area (Å²) < 4.78 is 34.1. The smallest absolute Gasteiger partial charge is 0.272 e. The van der Waals surface area contributed by atoms with Crippen LogP contribution in [0.15, 0.2) is 58.8 Å². The number of carbonyl (C=O) groups excluding carboxylic acids is 1. The van der Waals surface area contributed by atoms with E-state index in [2.05, 4.69) is 20.1 Å². The van der Waals surface area contributed by atoms with E-state index in [-0.39, 0.29) is 24.5 Å². The van der Waals surface area contributed by atoms with Gasteiger partial charge in [0, 0.05) is 50.0 Å². The molecule has 0 aliphatic carbocycles. The van der Waals surface area contributed by atoms with E-state index in [0.29, 0.717) is 11.5 Å². The van der Waals surface area contributed by atoms with E-state index in [0.717, 1.165) is 35.5 Å². The third-order valence-electron chi connectivity index (χ3n) is 5.13. The summed E-state index contributed by atoms with van der Waals surface area (Å²) in [6.45, 7) is 2.77. The van der Waals surface area contributed by atoms with Crippen LogP contribution < -0.4 is 10.5 Å². The maximum atomic E-state index is 13.4. The lowest BCUT2D eigenvalue weighted by molar-refractivity contribution is -0.117. The number of nitrogens with zero attached hydrogens (tertiary/aromatic N) is 5. The number of rotatable bonds is 8. The minimum absolute atomic E-state index is 0.119. The zero-order valence-electron chi connectivity index (χ0n) is 19.4. The molecule has 0 aliphatic rings. The number of primary amides is 1. The van der Waals surface area contributed by atoms with Crippen molar-refractivity contribution < 1.29 is 18.3 Å². The van der Waals surface area contributed by atoms with Gasteiger partial charge in [-0.25, -0.2) is 18.8 Å². The maximum Gasteiger partial charge on any atom is 0.272 e. The lowest BCUT2D eigenvalue weighted by atomic mass is 10.1. The molecule has 0 bridgehead atoms. The molecule has 2 heterocycles. The van der Waals surface area contributed by atoms with Crippen molar-refractivity contribution in [2.75, 3.05) is 7.05 Å². The normalized spacial score (nSPS) is 12.6. The van der Waals surface area contributed by atoms with E-state index in [1.54, 1.807) is 25.0 Å². The zero-order valence-corrected chi connectivity index (χ0v) is 19.4. The van der Waals surface area contributed by atoms with Crippen molar-refractivity contribution in [2.45, 2.75) is 32.8 Å². The van der Waals surface area contributed by atoms with E-state index in [9.17, 15) is 13.6 Å². The van der Waals surface area contributed by atoms with E-state index in [1.165, 1.54) is 12.1 Å². The predicted molar refractivity (Wildman–Crippen MR) is 125 cm³/mol. The number of amides is 1. The number of aliphatic imine (C=N–C) groups is 2. The molecule has 3 rings (SSSR count). The van der Waals surface area contributed by atoms with Crippen LogP contribution >= 0.6 is 0 Å². The van der Waals surface area contributed by atoms with Gasteiger partial charge in [0.2, 0.25) is 11.8 Å². The Morgan fingerprint density at radius 1 is 1.18 bits per heavy atom. The molecule has 2 N–H and O–H groups in total. The van der Waals surface area contributed by atoms with Crippen LogP contribution in [0, 0.1) is 0 Å². The van der Waals surface area contributed by atoms with Gasteiger partial charge in [0.25, 0.3) is 5.92 Å². The van der Waals surface area contributed by atoms with Crippen molar-refractivity contribution in [1.82, 2.24) is 14.8 Å². The van der Waals surface area contributed by atoms with E-state index >= 15 is 0 Å². The lowest BCUT2D eigenvalue weighted by Crippen LogP contribution is -2.13. The molecule has 0 atom stereocenters. The van der Waals surface area contributed by atoms with Crippen molar-refractivity contribution in [3.8, 4) is 5.88 Å². The van der Waals surface area contributed by atoms with Gasteiger partial charge in [-0.1, -0.05) is 24.3 Å². The predicted octanol–water partition coefficient (Wildman–Crippen LogP) is 3.42. The molecule has 3 aromatic rings. The Kier molecular flexibility index (Phi) is 7.50. The SMILES string of the molecule is CN=C(N=C(C)c1cnn(C)c1COc1ccc(C(C)(F)F)cn1)c1ccc(CC(N)=O)cc1. The Morgan fingerprint density at radius 2 is 1.88 bits per heavy atom. The number of carbonyl (C=O) groups is 1. The van der Waals surface area contributed by atoms with E-state index < -0.39 is 11.8 Å². The van der Waals surface area contributed by atoms with Gasteiger partial charge in [-0.05, 0) is 18.6 Å². The average Bonchev–Trinajstić information content (AvgIpc) is 3.16. The number of pyridine rings is 1. The van der Waals surface area contributed by atoms with Crippen LogP contribution in [0.2, 0.25) is 0 Å². The molecule has 0 aliphatic heterocycles. The highest BCUT2D eigenvalue weighted by Crippen LogP contribution is 2.27. The summed E-state index contributed by atoms with van der Waals surface area (Å²) in [4.78, 5) is 24.0. The molecule has 1 amide bonds. The number of aromatic nitrogens is 3. The van der Waals surface area contributed by atoms with Gasteiger partial charge in [-0.15, -0.1) is 0 Å². The second-order valence-corrected chi connectivity index (χ2v) is 7.78. The fourth-order valence-corrected chi connectivity index (χ4v) is 3.24. The number of alkyl halides is 2. The van der Waals surface area contributed by atoms with E-state index in [1.807, 2.05) is 31.2 Å². The van der Waals surface area contributed by atoms with Crippen LogP contribution in [-0.4, -0.2) is 39.3 Å². The van der Waals surface area contributed by atoms with Gasteiger partial charge in [-0.2, -0.15) is 5.10 Å². The first-order valence-corrected chi connectivity index (χ1v) is 10.5. The number of halogens is 2. The minimum atomic E-state index is -2.96. The summed E-state index contributed by atoms with van der Waals surface area (Å²) in [7, 11) is 3.42. The Morgan fingerprint density at radius 3 is 2.44 bits per heavy atom. The largest absolute Gasteiger partial charge is 0.471 e. The highest BCUT2D eigenvalue weighted by atomic mass is 19.3. The first kappa shape index (κ1) is 24.7. The minimum Gasteiger partial charge on any atom is -0.471 e. The highest BCUT2D eigenvalue weighted by molar-refractivity contribution is 6.11. The van der Waals surface area contributed by atoms with Gasteiger partial charge in [-0.3, -0.25) is 14.5 Å². The Hall–Kier alpha value is -3.95. The van der Waals surface area contributed by atoms with Crippen molar-refractivity contribution in [3.63, 3.8) is 0 Å². The third-order valence-corrected chi connectivity index (χ3v) is 5.13. The molecule has 8 nitrogen and oxygen atoms in total. The average molecular weight is 469 g/mol. The molecule has 1 aromatic carbocycles. The van der Waals surface area contributed by atoms with Crippen LogP contribution in [0.5, 0.6) is 5.88 Å². The van der Waals surface area contributed by atoms with Gasteiger partial charge in [0.1, 0.15) is 6.61 Å². The molecular formula is C24H26F2N6O2. The molecule has 0 spiro atoms. The van der Waals surface area contributed by atoms with Crippen LogP contribution in [0.25, 0.3) is 0 Å². The molecule has 0 saturated carbocycles. The number of hydrogen-bond acceptors (Lipinski definition) is 5. The van der Waals surface area contributed by atoms with Crippen LogP contribution in [-0.2, 0) is 30.8 Å². The Balaban J connectivity index is 1.77. The van der Waals surface area contributed by atoms with Gasteiger partial charge in [0.05, 0.1) is 24.0 Å². The second-order valence-electron chi connectivity index (χ2n) is 7.78. The Labute approximate surface area is 196 Å². The summed E-state index contributed by atoms with van der Waals surface area (Å²) in [5.74, 6) is -2.63. The van der Waals surface area contributed by atoms with Crippen LogP contribution in [0.1, 0.15) is 41.8 Å². The van der Waals surface area contributed by atoms with Gasteiger partial charge in [0.15, 0.2) is 5.84 Å². The number of benzene rings is 1. The van der Waals surface area contributed by atoms with Crippen molar-refractivity contribution in [2.24, 2.45) is 22.8 Å². The third kappa shape index (κ3) is 6.09. The lowest BCUT2D eigenvalue weighted by Gasteiger charge is -2.12. The van der Waals surface area contributed by atoms with Crippen molar-refractivity contribution in [3.05, 3.63) is 76.7 Å². The maximum absolute atomic E-state index is 13.4. The van der Waals surface area contributed by atoms with Gasteiger partial charge < -0.3 is 10.5 Å². The van der Waals surface area contributed by atoms with Crippen LogP contribution in [0.4, 0.5) is 8.78 Å². The number of nitrogens with two attached hydrogens (primary N) is 1. The number of ether oxygens (including phenoxy) is 1. The number of amidine groups is 1. The molecule has 0 unspecified atom stereocenters. The molecule has 0 saturated heterocycles. The quantitative estimate of drug-likeness (QED) is 0.404. The monoisotopic (exact) mass is 468 g/mol. The molecule has 0 fully saturated rings. The molecule has 0 radical (unpaired) electrons. The van der Waals surface area contributed by atoms with Crippen molar-refractivity contribution >= 4 is 17.5 Å². The standard InChI is InChI=1S/C24H26F2N6O2/c1-15(31-23(28-3)17-7-5-16(6-8-17)11-21(27)33)19-13-30-32(4)20(19)14-34-22-10-9-18(12-29-22)24(2,25)26/h5-10,12-13H,11,14H2,1-4H3,(H2,27,33). The summed E-state index contributed by atoms with van der Waals surface area (Å²) in [5, 5.41) is 4.29. The fraction of sp³-hybridized carbons (Fsp3) is 0.292. The molecular weight excluding hydrogens is 442 g/mol. The summed E-state index contributed by atoms with van der Waals surface area (Å²) in [6, 6.07) is 9.99. The number of aryl methyl sites for hydroxylation is 1. The Bertz CT molecular complexity index is 1210. The summed E-state index contributed by atoms with van der Waals surface area (Å²) >= 11 is 0. The second kappa shape index (κ2) is 10.3. The zero-order chi connectivity index (χ0) is 24.9. The number of hydrogen-bond donors (Lipinski definition) is 1. The molecule has 10 heteroatoms. The topological polar surface area (TPSA) is 108 Å². The molecule has 178 valence electrons. The van der Waals surface area contributed by atoms with Gasteiger partial charge >= 0.3 is 0 Å².